The minimum absolute atomic E-state index is 0.271. The zero-order valence-electron chi connectivity index (χ0n) is 16.8. The van der Waals surface area contributed by atoms with Crippen LogP contribution in [0.15, 0.2) is 66.7 Å². The van der Waals surface area contributed by atoms with Gasteiger partial charge in [0.15, 0.2) is 11.5 Å². The lowest BCUT2D eigenvalue weighted by Gasteiger charge is -2.14. The van der Waals surface area contributed by atoms with Crippen molar-refractivity contribution in [2.24, 2.45) is 0 Å². The summed E-state index contributed by atoms with van der Waals surface area (Å²) in [7, 11) is 0. The molecule has 0 aliphatic rings. The van der Waals surface area contributed by atoms with E-state index in [1.807, 2.05) is 62.4 Å². The predicted molar refractivity (Wildman–Crippen MR) is 113 cm³/mol. The average Bonchev–Trinajstić information content (AvgIpc) is 2.73. The van der Waals surface area contributed by atoms with Gasteiger partial charge in [-0.15, -0.1) is 0 Å². The first-order valence-corrected chi connectivity index (χ1v) is 9.77. The molecular formula is C24H26FNO3. The molecule has 3 rings (SSSR count). The molecule has 29 heavy (non-hydrogen) atoms. The van der Waals surface area contributed by atoms with Crippen LogP contribution in [0.1, 0.15) is 25.0 Å². The predicted octanol–water partition coefficient (Wildman–Crippen LogP) is 5.81. The maximum Gasteiger partial charge on any atom is 0.161 e. The molecule has 0 saturated heterocycles. The van der Waals surface area contributed by atoms with Gasteiger partial charge in [0, 0.05) is 12.2 Å². The zero-order chi connectivity index (χ0) is 20.5. The molecule has 0 spiro atoms. The molecule has 0 saturated carbocycles. The molecule has 0 atom stereocenters. The maximum atomic E-state index is 13.3. The second kappa shape index (κ2) is 10.4. The topological polar surface area (TPSA) is 39.7 Å². The largest absolute Gasteiger partial charge is 0.494 e. The smallest absolute Gasteiger partial charge is 0.161 e. The summed E-state index contributed by atoms with van der Waals surface area (Å²) in [5.74, 6) is 1.90. The fourth-order valence-electron chi connectivity index (χ4n) is 2.88. The quantitative estimate of drug-likeness (QED) is 0.470. The molecule has 3 aromatic carbocycles. The van der Waals surface area contributed by atoms with Crippen LogP contribution < -0.4 is 19.5 Å². The van der Waals surface area contributed by atoms with Gasteiger partial charge in [0.25, 0.3) is 0 Å². The van der Waals surface area contributed by atoms with E-state index in [1.54, 1.807) is 6.07 Å². The van der Waals surface area contributed by atoms with Gasteiger partial charge in [-0.3, -0.25) is 0 Å². The van der Waals surface area contributed by atoms with Crippen LogP contribution in [0.2, 0.25) is 0 Å². The zero-order valence-corrected chi connectivity index (χ0v) is 16.8. The third-order valence-electron chi connectivity index (χ3n) is 4.25. The van der Waals surface area contributed by atoms with E-state index < -0.39 is 0 Å². The van der Waals surface area contributed by atoms with Crippen molar-refractivity contribution < 1.29 is 18.6 Å². The second-order valence-corrected chi connectivity index (χ2v) is 6.44. The van der Waals surface area contributed by atoms with Gasteiger partial charge in [0.2, 0.25) is 0 Å². The van der Waals surface area contributed by atoms with E-state index >= 15 is 0 Å². The number of halogens is 1. The molecule has 1 N–H and O–H groups in total. The highest BCUT2D eigenvalue weighted by molar-refractivity contribution is 5.48. The summed E-state index contributed by atoms with van der Waals surface area (Å²) in [6.07, 6.45) is 0. The first-order chi connectivity index (χ1) is 14.2. The summed E-state index contributed by atoms with van der Waals surface area (Å²) in [6, 6.07) is 20.1. The highest BCUT2D eigenvalue weighted by atomic mass is 19.1. The Kier molecular flexibility index (Phi) is 7.34. The van der Waals surface area contributed by atoms with Gasteiger partial charge >= 0.3 is 0 Å². The third kappa shape index (κ3) is 6.14. The Morgan fingerprint density at radius 2 is 1.55 bits per heavy atom. The number of hydrogen-bond donors (Lipinski definition) is 1. The molecule has 0 unspecified atom stereocenters. The molecule has 4 nitrogen and oxygen atoms in total. The molecule has 0 heterocycles. The lowest BCUT2D eigenvalue weighted by Crippen LogP contribution is -2.03. The maximum absolute atomic E-state index is 13.3. The summed E-state index contributed by atoms with van der Waals surface area (Å²) in [6.45, 7) is 6.02. The van der Waals surface area contributed by atoms with Crippen molar-refractivity contribution in [3.05, 3.63) is 83.7 Å². The van der Waals surface area contributed by atoms with Gasteiger partial charge in [0.05, 0.1) is 13.2 Å². The van der Waals surface area contributed by atoms with E-state index in [4.69, 9.17) is 14.2 Å². The number of ether oxygens (including phenoxy) is 3. The molecule has 3 aromatic rings. The minimum atomic E-state index is -0.271. The van der Waals surface area contributed by atoms with E-state index in [2.05, 4.69) is 5.32 Å². The summed E-state index contributed by atoms with van der Waals surface area (Å²) < 4.78 is 30.4. The van der Waals surface area contributed by atoms with Crippen LogP contribution in [0.4, 0.5) is 10.1 Å². The normalized spacial score (nSPS) is 10.4. The number of benzene rings is 3. The molecule has 0 amide bonds. The minimum Gasteiger partial charge on any atom is -0.494 e. The van der Waals surface area contributed by atoms with Crippen molar-refractivity contribution >= 4 is 5.69 Å². The SMILES string of the molecule is CCOc1ccc(NCc2ccc(OCc3cccc(F)c3)c(OCC)c2)cc1. The Balaban J connectivity index is 1.63. The van der Waals surface area contributed by atoms with Gasteiger partial charge < -0.3 is 19.5 Å². The Hall–Kier alpha value is -3.21. The third-order valence-corrected chi connectivity index (χ3v) is 4.25. The summed E-state index contributed by atoms with van der Waals surface area (Å²) >= 11 is 0. The molecule has 0 radical (unpaired) electrons. The second-order valence-electron chi connectivity index (χ2n) is 6.44. The monoisotopic (exact) mass is 395 g/mol. The number of rotatable bonds is 10. The molecule has 0 aliphatic heterocycles. The molecular weight excluding hydrogens is 369 g/mol. The van der Waals surface area contributed by atoms with Crippen LogP contribution in [-0.2, 0) is 13.2 Å². The van der Waals surface area contributed by atoms with Gasteiger partial charge in [0.1, 0.15) is 18.2 Å². The standard InChI is InChI=1S/C24H26FNO3/c1-3-27-22-11-9-21(10-12-22)26-16-18-8-13-23(24(15-18)28-4-2)29-17-19-6-5-7-20(25)14-19/h5-15,26H,3-4,16-17H2,1-2H3. The highest BCUT2D eigenvalue weighted by Gasteiger charge is 2.08. The molecule has 5 heteroatoms. The molecule has 0 fully saturated rings. The lowest BCUT2D eigenvalue weighted by atomic mass is 10.2. The Morgan fingerprint density at radius 3 is 2.28 bits per heavy atom. The summed E-state index contributed by atoms with van der Waals surface area (Å²) in [5, 5.41) is 3.39. The Morgan fingerprint density at radius 1 is 0.759 bits per heavy atom. The van der Waals surface area contributed by atoms with Crippen molar-refractivity contribution in [2.75, 3.05) is 18.5 Å². The van der Waals surface area contributed by atoms with Crippen LogP contribution in [0.3, 0.4) is 0 Å². The summed E-state index contributed by atoms with van der Waals surface area (Å²) in [4.78, 5) is 0. The van der Waals surface area contributed by atoms with E-state index in [9.17, 15) is 4.39 Å². The fraction of sp³-hybridized carbons (Fsp3) is 0.250. The van der Waals surface area contributed by atoms with Gasteiger partial charge in [-0.1, -0.05) is 18.2 Å². The Bertz CT molecular complexity index is 912. The summed E-state index contributed by atoms with van der Waals surface area (Å²) in [5.41, 5.74) is 2.85. The van der Waals surface area contributed by atoms with Crippen molar-refractivity contribution in [3.8, 4) is 17.2 Å². The lowest BCUT2D eigenvalue weighted by molar-refractivity contribution is 0.269. The van der Waals surface area contributed by atoms with Gasteiger partial charge in [-0.2, -0.15) is 0 Å². The fourth-order valence-corrected chi connectivity index (χ4v) is 2.88. The van der Waals surface area contributed by atoms with Crippen LogP contribution in [0, 0.1) is 5.82 Å². The van der Waals surface area contributed by atoms with Crippen molar-refractivity contribution in [1.82, 2.24) is 0 Å². The van der Waals surface area contributed by atoms with Crippen molar-refractivity contribution in [2.45, 2.75) is 27.0 Å². The van der Waals surface area contributed by atoms with Crippen molar-refractivity contribution in [1.29, 1.82) is 0 Å². The van der Waals surface area contributed by atoms with Crippen LogP contribution in [0.25, 0.3) is 0 Å². The van der Waals surface area contributed by atoms with E-state index in [0.29, 0.717) is 31.3 Å². The van der Waals surface area contributed by atoms with E-state index in [-0.39, 0.29) is 12.4 Å². The highest BCUT2D eigenvalue weighted by Crippen LogP contribution is 2.30. The average molecular weight is 395 g/mol. The number of hydrogen-bond acceptors (Lipinski definition) is 4. The first-order valence-electron chi connectivity index (χ1n) is 9.77. The van der Waals surface area contributed by atoms with E-state index in [1.165, 1.54) is 12.1 Å². The molecule has 0 aromatic heterocycles. The van der Waals surface area contributed by atoms with Gasteiger partial charge in [-0.25, -0.2) is 4.39 Å². The van der Waals surface area contributed by atoms with Crippen LogP contribution >= 0.6 is 0 Å². The van der Waals surface area contributed by atoms with Crippen LogP contribution in [-0.4, -0.2) is 13.2 Å². The number of anilines is 1. The number of nitrogens with one attached hydrogen (secondary N) is 1. The van der Waals surface area contributed by atoms with E-state index in [0.717, 1.165) is 22.6 Å². The molecule has 152 valence electrons. The molecule has 0 bridgehead atoms. The van der Waals surface area contributed by atoms with Crippen molar-refractivity contribution in [3.63, 3.8) is 0 Å². The first kappa shape index (κ1) is 20.5. The Labute approximate surface area is 171 Å². The van der Waals surface area contributed by atoms with Crippen LogP contribution in [0.5, 0.6) is 17.2 Å². The molecule has 0 aliphatic carbocycles. The van der Waals surface area contributed by atoms with Gasteiger partial charge in [-0.05, 0) is 73.5 Å².